The number of rotatable bonds is 3. The van der Waals surface area contributed by atoms with Crippen molar-refractivity contribution in [3.05, 3.63) is 18.1 Å². The molecule has 2 rings (SSSR count). The van der Waals surface area contributed by atoms with Gasteiger partial charge in [-0.2, -0.15) is 0 Å². The van der Waals surface area contributed by atoms with Crippen LogP contribution in [-0.2, 0) is 4.79 Å². The number of aromatic nitrogens is 2. The Morgan fingerprint density at radius 2 is 1.86 bits per heavy atom. The summed E-state index contributed by atoms with van der Waals surface area (Å²) < 4.78 is 0. The number of nitrogens with one attached hydrogen (secondary N) is 1. The van der Waals surface area contributed by atoms with E-state index in [2.05, 4.69) is 20.2 Å². The van der Waals surface area contributed by atoms with Crippen LogP contribution in [0.4, 0.5) is 5.82 Å². The van der Waals surface area contributed by atoms with E-state index < -0.39 is 0 Å². The Kier molecular flexibility index (Phi) is 4.40. The standard InChI is InChI=1S/C14H21N5O2/c1-14(2,3)17-13(21)11-8-16-12(9-15-11)19-6-4-18(10-20)5-7-19/h8-10H,4-7H2,1-3H3,(H,17,21). The van der Waals surface area contributed by atoms with Crippen LogP contribution in [0.1, 0.15) is 31.3 Å². The lowest BCUT2D eigenvalue weighted by Crippen LogP contribution is -2.46. The average Bonchev–Trinajstić information content (AvgIpc) is 2.46. The number of carbonyl (C=O) groups is 2. The van der Waals surface area contributed by atoms with Crippen LogP contribution in [0.15, 0.2) is 12.4 Å². The highest BCUT2D eigenvalue weighted by Gasteiger charge is 2.19. The number of piperazine rings is 1. The molecule has 1 N–H and O–H groups in total. The van der Waals surface area contributed by atoms with Crippen LogP contribution in [0.2, 0.25) is 0 Å². The van der Waals surface area contributed by atoms with Gasteiger partial charge in [0.15, 0.2) is 0 Å². The van der Waals surface area contributed by atoms with Crippen molar-refractivity contribution in [2.24, 2.45) is 0 Å². The molecule has 2 amide bonds. The first-order valence-electron chi connectivity index (χ1n) is 6.98. The number of hydrogen-bond acceptors (Lipinski definition) is 5. The SMILES string of the molecule is CC(C)(C)NC(=O)c1cnc(N2CCN(C=O)CC2)cn1. The molecule has 1 aromatic rings. The summed E-state index contributed by atoms with van der Waals surface area (Å²) in [6.07, 6.45) is 3.96. The highest BCUT2D eigenvalue weighted by molar-refractivity contribution is 5.92. The van der Waals surface area contributed by atoms with Gasteiger partial charge in [-0.25, -0.2) is 9.97 Å². The molecule has 7 nitrogen and oxygen atoms in total. The lowest BCUT2D eigenvalue weighted by atomic mass is 10.1. The molecule has 114 valence electrons. The number of amides is 2. The maximum absolute atomic E-state index is 12.0. The van der Waals surface area contributed by atoms with Crippen molar-refractivity contribution in [3.63, 3.8) is 0 Å². The van der Waals surface area contributed by atoms with E-state index in [9.17, 15) is 9.59 Å². The van der Waals surface area contributed by atoms with Gasteiger partial charge in [0, 0.05) is 31.7 Å². The van der Waals surface area contributed by atoms with Crippen LogP contribution < -0.4 is 10.2 Å². The number of hydrogen-bond donors (Lipinski definition) is 1. The second-order valence-corrected chi connectivity index (χ2v) is 6.09. The minimum absolute atomic E-state index is 0.229. The molecule has 7 heteroatoms. The van der Waals surface area contributed by atoms with E-state index in [1.165, 1.54) is 6.20 Å². The van der Waals surface area contributed by atoms with Gasteiger partial charge < -0.3 is 15.1 Å². The normalized spacial score (nSPS) is 15.8. The molecule has 0 radical (unpaired) electrons. The summed E-state index contributed by atoms with van der Waals surface area (Å²) in [5.41, 5.74) is 0.00276. The molecule has 2 heterocycles. The number of nitrogens with zero attached hydrogens (tertiary/aromatic N) is 4. The first-order valence-corrected chi connectivity index (χ1v) is 6.98. The maximum atomic E-state index is 12.0. The van der Waals surface area contributed by atoms with Crippen LogP contribution in [-0.4, -0.2) is 58.9 Å². The Balaban J connectivity index is 1.99. The van der Waals surface area contributed by atoms with Gasteiger partial charge >= 0.3 is 0 Å². The third kappa shape index (κ3) is 4.14. The van der Waals surface area contributed by atoms with Gasteiger partial charge in [-0.15, -0.1) is 0 Å². The third-order valence-electron chi connectivity index (χ3n) is 3.15. The van der Waals surface area contributed by atoms with E-state index in [4.69, 9.17) is 0 Å². The quantitative estimate of drug-likeness (QED) is 0.810. The molecular weight excluding hydrogens is 270 g/mol. The minimum Gasteiger partial charge on any atom is -0.352 e. The summed E-state index contributed by atoms with van der Waals surface area (Å²) in [4.78, 5) is 34.9. The molecule has 1 aromatic heterocycles. The molecule has 1 aliphatic rings. The van der Waals surface area contributed by atoms with Crippen molar-refractivity contribution in [1.82, 2.24) is 20.2 Å². The summed E-state index contributed by atoms with van der Waals surface area (Å²) in [6.45, 7) is 8.55. The van der Waals surface area contributed by atoms with Gasteiger partial charge in [-0.3, -0.25) is 9.59 Å². The smallest absolute Gasteiger partial charge is 0.271 e. The van der Waals surface area contributed by atoms with Crippen molar-refractivity contribution in [2.75, 3.05) is 31.1 Å². The van der Waals surface area contributed by atoms with Crippen molar-refractivity contribution in [2.45, 2.75) is 26.3 Å². The second-order valence-electron chi connectivity index (χ2n) is 6.09. The van der Waals surface area contributed by atoms with Gasteiger partial charge in [-0.1, -0.05) is 0 Å². The second kappa shape index (κ2) is 6.07. The van der Waals surface area contributed by atoms with Gasteiger partial charge in [0.2, 0.25) is 6.41 Å². The van der Waals surface area contributed by atoms with Crippen molar-refractivity contribution < 1.29 is 9.59 Å². The minimum atomic E-state index is -0.303. The first-order chi connectivity index (χ1) is 9.89. The van der Waals surface area contributed by atoms with Crippen LogP contribution >= 0.6 is 0 Å². The van der Waals surface area contributed by atoms with Gasteiger partial charge in [0.1, 0.15) is 11.5 Å². The Bertz CT molecular complexity index is 501. The molecule has 1 saturated heterocycles. The Labute approximate surface area is 124 Å². The van der Waals surface area contributed by atoms with Crippen LogP contribution in [0, 0.1) is 0 Å². The average molecular weight is 291 g/mol. The summed E-state index contributed by atoms with van der Waals surface area (Å²) in [5.74, 6) is 0.500. The summed E-state index contributed by atoms with van der Waals surface area (Å²) >= 11 is 0. The molecule has 0 aromatic carbocycles. The molecule has 0 aliphatic carbocycles. The molecule has 0 unspecified atom stereocenters. The molecular formula is C14H21N5O2. The van der Waals surface area contributed by atoms with Crippen molar-refractivity contribution in [3.8, 4) is 0 Å². The molecule has 1 aliphatic heterocycles. The van der Waals surface area contributed by atoms with Gasteiger partial charge in [-0.05, 0) is 20.8 Å². The lowest BCUT2D eigenvalue weighted by Gasteiger charge is -2.33. The molecule has 0 spiro atoms. The van der Waals surface area contributed by atoms with Gasteiger partial charge in [0.05, 0.1) is 12.4 Å². The Morgan fingerprint density at radius 1 is 1.19 bits per heavy atom. The van der Waals surface area contributed by atoms with Crippen molar-refractivity contribution in [1.29, 1.82) is 0 Å². The lowest BCUT2D eigenvalue weighted by molar-refractivity contribution is -0.118. The summed E-state index contributed by atoms with van der Waals surface area (Å²) in [7, 11) is 0. The van der Waals surface area contributed by atoms with E-state index in [1.54, 1.807) is 11.1 Å². The highest BCUT2D eigenvalue weighted by atomic mass is 16.2. The van der Waals surface area contributed by atoms with E-state index in [1.807, 2.05) is 20.8 Å². The van der Waals surface area contributed by atoms with Gasteiger partial charge in [0.25, 0.3) is 5.91 Å². The van der Waals surface area contributed by atoms with E-state index in [0.29, 0.717) is 18.8 Å². The largest absolute Gasteiger partial charge is 0.352 e. The van der Waals surface area contributed by atoms with E-state index in [-0.39, 0.29) is 11.4 Å². The molecule has 0 atom stereocenters. The van der Waals surface area contributed by atoms with Crippen LogP contribution in [0.3, 0.4) is 0 Å². The summed E-state index contributed by atoms with van der Waals surface area (Å²) in [5, 5.41) is 2.85. The number of carbonyl (C=O) groups excluding carboxylic acids is 2. The topological polar surface area (TPSA) is 78.4 Å². The zero-order valence-electron chi connectivity index (χ0n) is 12.7. The molecule has 0 bridgehead atoms. The predicted molar refractivity (Wildman–Crippen MR) is 79.1 cm³/mol. The molecule has 0 saturated carbocycles. The highest BCUT2D eigenvalue weighted by Crippen LogP contribution is 2.12. The molecule has 1 fully saturated rings. The number of anilines is 1. The molecule has 21 heavy (non-hydrogen) atoms. The van der Waals surface area contributed by atoms with E-state index >= 15 is 0 Å². The monoisotopic (exact) mass is 291 g/mol. The van der Waals surface area contributed by atoms with Crippen molar-refractivity contribution >= 4 is 18.1 Å². The Morgan fingerprint density at radius 3 is 2.33 bits per heavy atom. The fourth-order valence-electron chi connectivity index (χ4n) is 2.06. The Hall–Kier alpha value is -2.18. The summed E-state index contributed by atoms with van der Waals surface area (Å²) in [6, 6.07) is 0. The third-order valence-corrected chi connectivity index (χ3v) is 3.15. The van der Waals surface area contributed by atoms with Crippen LogP contribution in [0.5, 0.6) is 0 Å². The van der Waals surface area contributed by atoms with E-state index in [0.717, 1.165) is 25.3 Å². The predicted octanol–water partition coefficient (Wildman–Crippen LogP) is 0.283. The zero-order valence-corrected chi connectivity index (χ0v) is 12.7. The maximum Gasteiger partial charge on any atom is 0.271 e. The van der Waals surface area contributed by atoms with Crippen LogP contribution in [0.25, 0.3) is 0 Å². The first kappa shape index (κ1) is 15.2. The fraction of sp³-hybridized carbons (Fsp3) is 0.571. The zero-order chi connectivity index (χ0) is 15.5. The fourth-order valence-corrected chi connectivity index (χ4v) is 2.06.